The van der Waals surface area contributed by atoms with E-state index in [1.54, 1.807) is 6.92 Å². The lowest BCUT2D eigenvalue weighted by Gasteiger charge is -2.17. The lowest BCUT2D eigenvalue weighted by molar-refractivity contribution is 0.0762. The summed E-state index contributed by atoms with van der Waals surface area (Å²) < 4.78 is 0.912. The van der Waals surface area contributed by atoms with Gasteiger partial charge in [-0.05, 0) is 31.5 Å². The number of hydrogen-bond acceptors (Lipinski definition) is 2. The van der Waals surface area contributed by atoms with E-state index in [1.807, 2.05) is 29.2 Å². The number of halogens is 1. The molecule has 1 amide bonds. The van der Waals surface area contributed by atoms with Gasteiger partial charge in [0.15, 0.2) is 0 Å². The Kier molecular flexibility index (Phi) is 3.84. The molecule has 1 aromatic rings. The molecule has 1 aliphatic heterocycles. The summed E-state index contributed by atoms with van der Waals surface area (Å²) in [5, 5.41) is 9.52. The largest absolute Gasteiger partial charge is 0.393 e. The van der Waals surface area contributed by atoms with Gasteiger partial charge in [-0.1, -0.05) is 22.0 Å². The van der Waals surface area contributed by atoms with Crippen molar-refractivity contribution in [1.29, 1.82) is 0 Å². The summed E-state index contributed by atoms with van der Waals surface area (Å²) >= 11 is 3.36. The van der Waals surface area contributed by atoms with Gasteiger partial charge in [0.05, 0.1) is 6.10 Å². The van der Waals surface area contributed by atoms with E-state index < -0.39 is 0 Å². The molecule has 3 nitrogen and oxygen atoms in total. The van der Waals surface area contributed by atoms with Crippen molar-refractivity contribution in [1.82, 2.24) is 4.90 Å². The van der Waals surface area contributed by atoms with Crippen LogP contribution in [0.15, 0.2) is 28.7 Å². The molecule has 1 aliphatic rings. The number of amides is 1. The fourth-order valence-electron chi connectivity index (χ4n) is 2.17. The van der Waals surface area contributed by atoms with Crippen LogP contribution >= 0.6 is 15.9 Å². The van der Waals surface area contributed by atoms with Gasteiger partial charge in [-0.25, -0.2) is 0 Å². The maximum absolute atomic E-state index is 12.2. The quantitative estimate of drug-likeness (QED) is 0.910. The van der Waals surface area contributed by atoms with Crippen LogP contribution in [0.5, 0.6) is 0 Å². The molecular weight excluding hydrogens is 282 g/mol. The Morgan fingerprint density at radius 3 is 2.94 bits per heavy atom. The number of nitrogens with zero attached hydrogens (tertiary/aromatic N) is 1. The summed E-state index contributed by atoms with van der Waals surface area (Å²) in [6.45, 7) is 3.18. The van der Waals surface area contributed by atoms with Crippen molar-refractivity contribution in [2.75, 3.05) is 13.1 Å². The summed E-state index contributed by atoms with van der Waals surface area (Å²) in [5.74, 6) is 0.264. The molecular formula is C13H16BrNO2. The molecule has 4 heteroatoms. The van der Waals surface area contributed by atoms with Gasteiger partial charge in [-0.2, -0.15) is 0 Å². The third kappa shape index (κ3) is 2.87. The van der Waals surface area contributed by atoms with Crippen molar-refractivity contribution < 1.29 is 9.90 Å². The maximum atomic E-state index is 12.2. The molecule has 1 saturated heterocycles. The predicted octanol–water partition coefficient (Wildman–Crippen LogP) is 2.29. The lowest BCUT2D eigenvalue weighted by atomic mass is 10.0. The highest BCUT2D eigenvalue weighted by Gasteiger charge is 2.29. The van der Waals surface area contributed by atoms with Crippen LogP contribution in [0.2, 0.25) is 0 Å². The van der Waals surface area contributed by atoms with Crippen molar-refractivity contribution in [2.24, 2.45) is 5.92 Å². The number of carbonyl (C=O) groups is 1. The van der Waals surface area contributed by atoms with Gasteiger partial charge in [0.2, 0.25) is 0 Å². The Morgan fingerprint density at radius 2 is 2.35 bits per heavy atom. The van der Waals surface area contributed by atoms with Crippen molar-refractivity contribution >= 4 is 21.8 Å². The number of hydrogen-bond donors (Lipinski definition) is 1. The van der Waals surface area contributed by atoms with Crippen LogP contribution in [-0.4, -0.2) is 35.1 Å². The molecule has 1 heterocycles. The molecule has 0 saturated carbocycles. The molecule has 0 bridgehead atoms. The molecule has 0 aliphatic carbocycles. The van der Waals surface area contributed by atoms with Crippen LogP contribution < -0.4 is 0 Å². The molecule has 17 heavy (non-hydrogen) atoms. The number of benzene rings is 1. The van der Waals surface area contributed by atoms with Crippen LogP contribution in [0.25, 0.3) is 0 Å². The average Bonchev–Trinajstić information content (AvgIpc) is 2.77. The number of aliphatic hydroxyl groups is 1. The second kappa shape index (κ2) is 5.19. The smallest absolute Gasteiger partial charge is 0.253 e. The second-order valence-corrected chi connectivity index (χ2v) is 5.47. The summed E-state index contributed by atoms with van der Waals surface area (Å²) in [6, 6.07) is 7.42. The highest BCUT2D eigenvalue weighted by atomic mass is 79.9. The van der Waals surface area contributed by atoms with Crippen molar-refractivity contribution in [3.8, 4) is 0 Å². The second-order valence-electron chi connectivity index (χ2n) is 4.55. The van der Waals surface area contributed by atoms with Crippen molar-refractivity contribution in [2.45, 2.75) is 19.4 Å². The molecule has 92 valence electrons. The summed E-state index contributed by atoms with van der Waals surface area (Å²) in [6.07, 6.45) is 0.549. The summed E-state index contributed by atoms with van der Waals surface area (Å²) in [4.78, 5) is 14.0. The van der Waals surface area contributed by atoms with Crippen LogP contribution in [0.1, 0.15) is 23.7 Å². The van der Waals surface area contributed by atoms with Crippen LogP contribution in [0.3, 0.4) is 0 Å². The first kappa shape index (κ1) is 12.6. The monoisotopic (exact) mass is 297 g/mol. The van der Waals surface area contributed by atoms with E-state index >= 15 is 0 Å². The molecule has 2 atom stereocenters. The zero-order valence-electron chi connectivity index (χ0n) is 9.77. The Balaban J connectivity index is 2.07. The van der Waals surface area contributed by atoms with Gasteiger partial charge in [0, 0.05) is 29.0 Å². The van der Waals surface area contributed by atoms with E-state index in [-0.39, 0.29) is 17.9 Å². The highest BCUT2D eigenvalue weighted by molar-refractivity contribution is 9.10. The first-order valence-corrected chi connectivity index (χ1v) is 6.60. The minimum atomic E-state index is -0.338. The third-order valence-electron chi connectivity index (χ3n) is 3.27. The van der Waals surface area contributed by atoms with E-state index in [4.69, 9.17) is 0 Å². The first-order valence-electron chi connectivity index (χ1n) is 5.81. The fraction of sp³-hybridized carbons (Fsp3) is 0.462. The summed E-state index contributed by atoms with van der Waals surface area (Å²) in [5.41, 5.74) is 0.700. The number of rotatable bonds is 2. The van der Waals surface area contributed by atoms with Crippen LogP contribution in [-0.2, 0) is 0 Å². The molecule has 2 unspecified atom stereocenters. The number of carbonyl (C=O) groups excluding carboxylic acids is 1. The van der Waals surface area contributed by atoms with E-state index in [2.05, 4.69) is 15.9 Å². The molecule has 0 spiro atoms. The van der Waals surface area contributed by atoms with Crippen LogP contribution in [0.4, 0.5) is 0 Å². The minimum Gasteiger partial charge on any atom is -0.393 e. The van der Waals surface area contributed by atoms with E-state index in [0.717, 1.165) is 17.4 Å². The minimum absolute atomic E-state index is 0.0504. The van der Waals surface area contributed by atoms with Gasteiger partial charge in [-0.3, -0.25) is 4.79 Å². The van der Waals surface area contributed by atoms with Gasteiger partial charge in [-0.15, -0.1) is 0 Å². The normalized spacial score (nSPS) is 21.6. The number of aliphatic hydroxyl groups excluding tert-OH is 1. The van der Waals surface area contributed by atoms with E-state index in [9.17, 15) is 9.90 Å². The Bertz CT molecular complexity index is 420. The molecule has 0 aromatic heterocycles. The maximum Gasteiger partial charge on any atom is 0.253 e. The molecule has 1 aromatic carbocycles. The van der Waals surface area contributed by atoms with Gasteiger partial charge in [0.25, 0.3) is 5.91 Å². The lowest BCUT2D eigenvalue weighted by Crippen LogP contribution is -2.30. The Hall–Kier alpha value is -0.870. The van der Waals surface area contributed by atoms with Gasteiger partial charge < -0.3 is 10.0 Å². The standard InChI is InChI=1S/C13H16BrNO2/c1-9(16)11-5-6-15(8-11)13(17)10-3-2-4-12(14)7-10/h2-4,7,9,11,16H,5-6,8H2,1H3. The highest BCUT2D eigenvalue weighted by Crippen LogP contribution is 2.22. The first-order chi connectivity index (χ1) is 8.08. The Morgan fingerprint density at radius 1 is 1.59 bits per heavy atom. The molecule has 1 N–H and O–H groups in total. The summed E-state index contributed by atoms with van der Waals surface area (Å²) in [7, 11) is 0. The van der Waals surface area contributed by atoms with Gasteiger partial charge >= 0.3 is 0 Å². The SMILES string of the molecule is CC(O)C1CCN(C(=O)c2cccc(Br)c2)C1. The van der Waals surface area contributed by atoms with E-state index in [0.29, 0.717) is 12.1 Å². The fourth-order valence-corrected chi connectivity index (χ4v) is 2.57. The molecule has 1 fully saturated rings. The molecule has 0 radical (unpaired) electrons. The predicted molar refractivity (Wildman–Crippen MR) is 69.8 cm³/mol. The number of likely N-dealkylation sites (tertiary alicyclic amines) is 1. The average molecular weight is 298 g/mol. The van der Waals surface area contributed by atoms with Crippen molar-refractivity contribution in [3.05, 3.63) is 34.3 Å². The Labute approximate surface area is 110 Å². The third-order valence-corrected chi connectivity index (χ3v) is 3.76. The zero-order valence-corrected chi connectivity index (χ0v) is 11.4. The van der Waals surface area contributed by atoms with Crippen LogP contribution in [0, 0.1) is 5.92 Å². The van der Waals surface area contributed by atoms with E-state index in [1.165, 1.54) is 0 Å². The topological polar surface area (TPSA) is 40.5 Å². The zero-order chi connectivity index (χ0) is 12.4. The molecule has 2 rings (SSSR count). The van der Waals surface area contributed by atoms with Crippen molar-refractivity contribution in [3.63, 3.8) is 0 Å². The van der Waals surface area contributed by atoms with Gasteiger partial charge in [0.1, 0.15) is 0 Å².